The summed E-state index contributed by atoms with van der Waals surface area (Å²) in [6.45, 7) is 0.447. The van der Waals surface area contributed by atoms with E-state index in [1.54, 1.807) is 18.2 Å². The zero-order valence-electron chi connectivity index (χ0n) is 9.78. The van der Waals surface area contributed by atoms with Crippen LogP contribution in [0.15, 0.2) is 24.3 Å². The normalized spacial score (nSPS) is 9.59. The highest BCUT2D eigenvalue weighted by molar-refractivity contribution is 5.75. The van der Waals surface area contributed by atoms with Crippen molar-refractivity contribution in [2.24, 2.45) is 0 Å². The summed E-state index contributed by atoms with van der Waals surface area (Å²) in [7, 11) is 0. The lowest BCUT2D eigenvalue weighted by Crippen LogP contribution is -2.22. The van der Waals surface area contributed by atoms with Crippen LogP contribution in [0.4, 0.5) is 0 Å². The summed E-state index contributed by atoms with van der Waals surface area (Å²) in [6, 6.07) is 6.85. The van der Waals surface area contributed by atoms with Gasteiger partial charge in [-0.05, 0) is 30.5 Å². The van der Waals surface area contributed by atoms with E-state index < -0.39 is 0 Å². The fourth-order valence-corrected chi connectivity index (χ4v) is 1.47. The Morgan fingerprint density at radius 3 is 2.94 bits per heavy atom. The Labute approximate surface area is 102 Å². The zero-order valence-corrected chi connectivity index (χ0v) is 9.78. The van der Waals surface area contributed by atoms with Gasteiger partial charge in [0.15, 0.2) is 0 Å². The van der Waals surface area contributed by atoms with Gasteiger partial charge in [-0.2, -0.15) is 0 Å². The van der Waals surface area contributed by atoms with E-state index in [2.05, 4.69) is 11.2 Å². The molecule has 0 radical (unpaired) electrons. The predicted molar refractivity (Wildman–Crippen MR) is 67.3 cm³/mol. The Balaban J connectivity index is 2.22. The maximum atomic E-state index is 11.4. The van der Waals surface area contributed by atoms with E-state index in [1.807, 2.05) is 6.07 Å². The SMILES string of the molecule is C#CCCCCC(=O)NCc1cccc(O)c1. The van der Waals surface area contributed by atoms with Gasteiger partial charge < -0.3 is 10.4 Å². The first-order chi connectivity index (χ1) is 8.22. The Bertz CT molecular complexity index is 407. The second-order valence-corrected chi connectivity index (χ2v) is 3.86. The summed E-state index contributed by atoms with van der Waals surface area (Å²) >= 11 is 0. The van der Waals surface area contributed by atoms with Gasteiger partial charge in [0.05, 0.1) is 0 Å². The monoisotopic (exact) mass is 231 g/mol. The third kappa shape index (κ3) is 5.62. The van der Waals surface area contributed by atoms with Crippen molar-refractivity contribution in [2.45, 2.75) is 32.2 Å². The summed E-state index contributed by atoms with van der Waals surface area (Å²) in [5, 5.41) is 12.0. The zero-order chi connectivity index (χ0) is 12.5. The van der Waals surface area contributed by atoms with Gasteiger partial charge in [0.1, 0.15) is 5.75 Å². The summed E-state index contributed by atoms with van der Waals surface area (Å²) in [5.41, 5.74) is 0.891. The average Bonchev–Trinajstić information content (AvgIpc) is 2.32. The Kier molecular flexibility index (Phi) is 5.67. The van der Waals surface area contributed by atoms with Gasteiger partial charge in [-0.1, -0.05) is 12.1 Å². The molecule has 0 aliphatic rings. The fourth-order valence-electron chi connectivity index (χ4n) is 1.47. The number of aromatic hydroxyl groups is 1. The number of unbranched alkanes of at least 4 members (excludes halogenated alkanes) is 2. The van der Waals surface area contributed by atoms with Crippen molar-refractivity contribution in [2.75, 3.05) is 0 Å². The molecule has 0 aliphatic carbocycles. The van der Waals surface area contributed by atoms with Gasteiger partial charge in [0, 0.05) is 19.4 Å². The van der Waals surface area contributed by atoms with Gasteiger partial charge >= 0.3 is 0 Å². The molecular formula is C14H17NO2. The molecule has 3 heteroatoms. The Morgan fingerprint density at radius 2 is 2.24 bits per heavy atom. The van der Waals surface area contributed by atoms with Crippen LogP contribution < -0.4 is 5.32 Å². The third-order valence-corrected chi connectivity index (χ3v) is 2.38. The van der Waals surface area contributed by atoms with Crippen LogP contribution in [0.2, 0.25) is 0 Å². The highest BCUT2D eigenvalue weighted by Crippen LogP contribution is 2.10. The van der Waals surface area contributed by atoms with Crippen LogP contribution in [0.25, 0.3) is 0 Å². The van der Waals surface area contributed by atoms with Gasteiger partial charge in [0.2, 0.25) is 5.91 Å². The Morgan fingerprint density at radius 1 is 1.41 bits per heavy atom. The molecular weight excluding hydrogens is 214 g/mol. The summed E-state index contributed by atoms with van der Waals surface area (Å²) in [6.07, 6.45) is 8.04. The van der Waals surface area contributed by atoms with Crippen molar-refractivity contribution in [1.29, 1.82) is 0 Å². The van der Waals surface area contributed by atoms with Crippen LogP contribution in [0.3, 0.4) is 0 Å². The molecule has 0 fully saturated rings. The molecule has 0 saturated heterocycles. The van der Waals surface area contributed by atoms with Crippen LogP contribution in [0, 0.1) is 12.3 Å². The van der Waals surface area contributed by atoms with Crippen LogP contribution in [-0.2, 0) is 11.3 Å². The number of terminal acetylenes is 1. The molecule has 17 heavy (non-hydrogen) atoms. The van der Waals surface area contributed by atoms with Crippen molar-refractivity contribution < 1.29 is 9.90 Å². The van der Waals surface area contributed by atoms with E-state index in [4.69, 9.17) is 6.42 Å². The summed E-state index contributed by atoms with van der Waals surface area (Å²) < 4.78 is 0. The van der Waals surface area contributed by atoms with Crippen molar-refractivity contribution in [1.82, 2.24) is 5.32 Å². The van der Waals surface area contributed by atoms with E-state index in [0.29, 0.717) is 13.0 Å². The molecule has 0 heterocycles. The molecule has 0 saturated carbocycles. The first-order valence-electron chi connectivity index (χ1n) is 5.70. The second kappa shape index (κ2) is 7.34. The molecule has 2 N–H and O–H groups in total. The largest absolute Gasteiger partial charge is 0.508 e. The minimum Gasteiger partial charge on any atom is -0.508 e. The van der Waals surface area contributed by atoms with Gasteiger partial charge in [0.25, 0.3) is 0 Å². The van der Waals surface area contributed by atoms with Crippen LogP contribution in [0.5, 0.6) is 5.75 Å². The Hall–Kier alpha value is -1.95. The standard InChI is InChI=1S/C14H17NO2/c1-2-3-4-5-9-14(17)15-11-12-7-6-8-13(16)10-12/h1,6-8,10,16H,3-5,9,11H2,(H,15,17). The molecule has 0 unspecified atom stereocenters. The molecule has 90 valence electrons. The second-order valence-electron chi connectivity index (χ2n) is 3.86. The smallest absolute Gasteiger partial charge is 0.220 e. The van der Waals surface area contributed by atoms with Gasteiger partial charge in [-0.25, -0.2) is 0 Å². The van der Waals surface area contributed by atoms with Crippen LogP contribution >= 0.6 is 0 Å². The first-order valence-corrected chi connectivity index (χ1v) is 5.70. The van der Waals surface area contributed by atoms with E-state index in [-0.39, 0.29) is 11.7 Å². The predicted octanol–water partition coefficient (Wildman–Crippen LogP) is 2.20. The molecule has 0 spiro atoms. The fraction of sp³-hybridized carbons (Fsp3) is 0.357. The average molecular weight is 231 g/mol. The molecule has 1 rings (SSSR count). The minimum absolute atomic E-state index is 0.0189. The van der Waals surface area contributed by atoms with Crippen molar-refractivity contribution in [3.05, 3.63) is 29.8 Å². The molecule has 3 nitrogen and oxygen atoms in total. The number of hydrogen-bond acceptors (Lipinski definition) is 2. The molecule has 0 atom stereocenters. The number of rotatable bonds is 6. The molecule has 0 aromatic heterocycles. The lowest BCUT2D eigenvalue weighted by molar-refractivity contribution is -0.121. The molecule has 0 bridgehead atoms. The quantitative estimate of drug-likeness (QED) is 0.582. The molecule has 1 aromatic carbocycles. The number of nitrogens with one attached hydrogen (secondary N) is 1. The number of carbonyl (C=O) groups excluding carboxylic acids is 1. The number of amides is 1. The van der Waals surface area contributed by atoms with Crippen molar-refractivity contribution in [3.8, 4) is 18.1 Å². The molecule has 0 aliphatic heterocycles. The maximum Gasteiger partial charge on any atom is 0.220 e. The summed E-state index contributed by atoms with van der Waals surface area (Å²) in [4.78, 5) is 11.4. The lowest BCUT2D eigenvalue weighted by atomic mass is 10.2. The number of carbonyl (C=O) groups is 1. The van der Waals surface area contributed by atoms with Gasteiger partial charge in [-0.3, -0.25) is 4.79 Å². The first kappa shape index (κ1) is 13.1. The highest BCUT2D eigenvalue weighted by atomic mass is 16.3. The van der Waals surface area contributed by atoms with Crippen molar-refractivity contribution in [3.63, 3.8) is 0 Å². The highest BCUT2D eigenvalue weighted by Gasteiger charge is 2.01. The van der Waals surface area contributed by atoms with Crippen LogP contribution in [-0.4, -0.2) is 11.0 Å². The lowest BCUT2D eigenvalue weighted by Gasteiger charge is -2.05. The third-order valence-electron chi connectivity index (χ3n) is 2.38. The van der Waals surface area contributed by atoms with Crippen LogP contribution in [0.1, 0.15) is 31.2 Å². The van der Waals surface area contributed by atoms with E-state index in [9.17, 15) is 9.90 Å². The van der Waals surface area contributed by atoms with Crippen molar-refractivity contribution >= 4 is 5.91 Å². The van der Waals surface area contributed by atoms with E-state index >= 15 is 0 Å². The van der Waals surface area contributed by atoms with E-state index in [1.165, 1.54) is 0 Å². The number of phenols is 1. The minimum atomic E-state index is 0.0189. The van der Waals surface area contributed by atoms with Gasteiger partial charge in [-0.15, -0.1) is 12.3 Å². The number of hydrogen-bond donors (Lipinski definition) is 2. The molecule has 1 amide bonds. The number of benzene rings is 1. The van der Waals surface area contributed by atoms with E-state index in [0.717, 1.165) is 24.8 Å². The number of phenolic OH excluding ortho intramolecular Hbond substituents is 1. The topological polar surface area (TPSA) is 49.3 Å². The summed E-state index contributed by atoms with van der Waals surface area (Å²) in [5.74, 6) is 2.78. The maximum absolute atomic E-state index is 11.4. The molecule has 1 aromatic rings.